The fourth-order valence-corrected chi connectivity index (χ4v) is 4.76. The van der Waals surface area contributed by atoms with E-state index in [0.717, 1.165) is 38.8 Å². The first-order valence-electron chi connectivity index (χ1n) is 10.0. The fourth-order valence-electron chi connectivity index (χ4n) is 4.76. The molecule has 2 aliphatic rings. The summed E-state index contributed by atoms with van der Waals surface area (Å²) in [5, 5.41) is 7.55. The molecular formula is C20H33F2N3. The Labute approximate surface area is 150 Å². The van der Waals surface area contributed by atoms with Crippen molar-refractivity contribution in [3.8, 4) is 0 Å². The summed E-state index contributed by atoms with van der Waals surface area (Å²) in [7, 11) is 2.17. The minimum atomic E-state index is -2.41. The van der Waals surface area contributed by atoms with Gasteiger partial charge in [0.05, 0.1) is 6.20 Å². The van der Waals surface area contributed by atoms with Crippen LogP contribution in [0, 0.1) is 5.41 Å². The van der Waals surface area contributed by atoms with E-state index < -0.39 is 5.92 Å². The Morgan fingerprint density at radius 3 is 2.48 bits per heavy atom. The van der Waals surface area contributed by atoms with Crippen molar-refractivity contribution in [3.63, 3.8) is 0 Å². The lowest BCUT2D eigenvalue weighted by Gasteiger charge is -2.44. The molecule has 1 heterocycles. The molecule has 2 saturated carbocycles. The topological polar surface area (TPSA) is 31.9 Å². The number of rotatable bonds is 6. The van der Waals surface area contributed by atoms with Gasteiger partial charge in [-0.15, -0.1) is 0 Å². The molecule has 1 aromatic rings. The molecule has 1 spiro atoms. The number of hydrogen-bond donors (Lipinski definition) is 1. The smallest absolute Gasteiger partial charge is 0.248 e. The molecule has 0 aromatic carbocycles. The van der Waals surface area contributed by atoms with Crippen molar-refractivity contribution in [3.05, 3.63) is 17.5 Å². The van der Waals surface area contributed by atoms with Crippen molar-refractivity contribution in [2.24, 2.45) is 5.41 Å². The molecule has 2 aliphatic carbocycles. The Hall–Kier alpha value is -0.970. The first-order chi connectivity index (χ1) is 11.9. The monoisotopic (exact) mass is 353 g/mol. The maximum atomic E-state index is 13.5. The molecular weight excluding hydrogens is 320 g/mol. The molecule has 5 heteroatoms. The van der Waals surface area contributed by atoms with Gasteiger partial charge >= 0.3 is 0 Å². The molecule has 0 amide bonds. The Morgan fingerprint density at radius 1 is 1.16 bits per heavy atom. The van der Waals surface area contributed by atoms with Crippen LogP contribution in [-0.4, -0.2) is 34.6 Å². The second-order valence-corrected chi connectivity index (χ2v) is 8.53. The largest absolute Gasteiger partial charge is 0.302 e. The molecule has 2 fully saturated rings. The zero-order valence-corrected chi connectivity index (χ0v) is 15.8. The summed E-state index contributed by atoms with van der Waals surface area (Å²) in [5.41, 5.74) is 2.80. The number of aromatic amines is 1. The molecule has 25 heavy (non-hydrogen) atoms. The quantitative estimate of drug-likeness (QED) is 0.733. The number of unbranched alkanes of at least 4 members (excludes halogenated alkanes) is 1. The van der Waals surface area contributed by atoms with E-state index in [1.54, 1.807) is 0 Å². The van der Waals surface area contributed by atoms with E-state index in [0.29, 0.717) is 18.8 Å². The second kappa shape index (κ2) is 7.73. The minimum Gasteiger partial charge on any atom is -0.302 e. The lowest BCUT2D eigenvalue weighted by Crippen LogP contribution is -2.36. The van der Waals surface area contributed by atoms with Gasteiger partial charge in [0.25, 0.3) is 0 Å². The highest BCUT2D eigenvalue weighted by atomic mass is 19.3. The molecule has 0 atom stereocenters. The molecule has 142 valence electrons. The number of nitrogens with one attached hydrogen (secondary N) is 1. The van der Waals surface area contributed by atoms with Crippen LogP contribution >= 0.6 is 0 Å². The maximum Gasteiger partial charge on any atom is 0.248 e. The standard InChI is InChI=1S/C20H33F2N3/c1-3-4-13-25(2)15-17-14-23-24-18(17)16-5-7-19(8-6-16)9-11-20(21,22)12-10-19/h14,16H,3-13,15H2,1-2H3,(H,23,24). The van der Waals surface area contributed by atoms with Crippen LogP contribution in [-0.2, 0) is 6.54 Å². The van der Waals surface area contributed by atoms with Gasteiger partial charge in [0.1, 0.15) is 0 Å². The average Bonchev–Trinajstić information content (AvgIpc) is 3.05. The van der Waals surface area contributed by atoms with E-state index in [-0.39, 0.29) is 18.3 Å². The van der Waals surface area contributed by atoms with Gasteiger partial charge in [-0.25, -0.2) is 8.78 Å². The lowest BCUT2D eigenvalue weighted by molar-refractivity contribution is -0.0759. The van der Waals surface area contributed by atoms with E-state index in [9.17, 15) is 8.78 Å². The normalized spacial score (nSPS) is 23.4. The molecule has 0 bridgehead atoms. The van der Waals surface area contributed by atoms with Crippen molar-refractivity contribution < 1.29 is 8.78 Å². The van der Waals surface area contributed by atoms with E-state index in [1.165, 1.54) is 24.1 Å². The number of hydrogen-bond acceptors (Lipinski definition) is 2. The predicted octanol–water partition coefficient (Wildman–Crippen LogP) is 5.49. The van der Waals surface area contributed by atoms with Crippen LogP contribution in [0.1, 0.15) is 88.3 Å². The highest BCUT2D eigenvalue weighted by molar-refractivity contribution is 5.21. The van der Waals surface area contributed by atoms with E-state index >= 15 is 0 Å². The number of halogens is 2. The van der Waals surface area contributed by atoms with Gasteiger partial charge in [0.15, 0.2) is 0 Å². The molecule has 3 rings (SSSR count). The van der Waals surface area contributed by atoms with Gasteiger partial charge < -0.3 is 4.90 Å². The summed E-state index contributed by atoms with van der Waals surface area (Å²) in [5.74, 6) is -1.90. The van der Waals surface area contributed by atoms with Crippen LogP contribution in [0.4, 0.5) is 8.78 Å². The van der Waals surface area contributed by atoms with Crippen LogP contribution in [0.3, 0.4) is 0 Å². The number of nitrogens with zero attached hydrogens (tertiary/aromatic N) is 2. The van der Waals surface area contributed by atoms with Crippen LogP contribution in [0.15, 0.2) is 6.20 Å². The zero-order valence-electron chi connectivity index (χ0n) is 15.8. The van der Waals surface area contributed by atoms with Crippen LogP contribution < -0.4 is 0 Å². The molecule has 1 aromatic heterocycles. The third-order valence-corrected chi connectivity index (χ3v) is 6.58. The van der Waals surface area contributed by atoms with Gasteiger partial charge in [-0.1, -0.05) is 13.3 Å². The van der Waals surface area contributed by atoms with E-state index in [4.69, 9.17) is 0 Å². The number of aromatic nitrogens is 2. The first-order valence-corrected chi connectivity index (χ1v) is 10.0. The summed E-state index contributed by atoms with van der Waals surface area (Å²) in [6, 6.07) is 0. The molecule has 0 radical (unpaired) electrons. The molecule has 3 nitrogen and oxygen atoms in total. The summed E-state index contributed by atoms with van der Waals surface area (Å²) >= 11 is 0. The number of alkyl halides is 2. The minimum absolute atomic E-state index is 0.0925. The van der Waals surface area contributed by atoms with Gasteiger partial charge in [-0.05, 0) is 64.0 Å². The summed E-state index contributed by atoms with van der Waals surface area (Å²) in [4.78, 5) is 2.37. The first kappa shape index (κ1) is 18.8. The van der Waals surface area contributed by atoms with Crippen molar-refractivity contribution in [2.75, 3.05) is 13.6 Å². The third-order valence-electron chi connectivity index (χ3n) is 6.58. The highest BCUT2D eigenvalue weighted by Crippen LogP contribution is 2.53. The maximum absolute atomic E-state index is 13.5. The van der Waals surface area contributed by atoms with Gasteiger partial charge in [0.2, 0.25) is 5.92 Å². The van der Waals surface area contributed by atoms with Gasteiger partial charge in [0, 0.05) is 36.6 Å². The van der Waals surface area contributed by atoms with Crippen molar-refractivity contribution in [1.82, 2.24) is 15.1 Å². The molecule has 0 unspecified atom stereocenters. The van der Waals surface area contributed by atoms with Crippen molar-refractivity contribution in [1.29, 1.82) is 0 Å². The van der Waals surface area contributed by atoms with Gasteiger partial charge in [-0.3, -0.25) is 5.10 Å². The second-order valence-electron chi connectivity index (χ2n) is 8.53. The fraction of sp³-hybridized carbons (Fsp3) is 0.850. The SMILES string of the molecule is CCCCN(C)Cc1cn[nH]c1C1CCC2(CC1)CCC(F)(F)CC2. The van der Waals surface area contributed by atoms with E-state index in [2.05, 4.69) is 29.1 Å². The average molecular weight is 354 g/mol. The van der Waals surface area contributed by atoms with Crippen molar-refractivity contribution in [2.45, 2.75) is 89.5 Å². The molecule has 0 saturated heterocycles. The third kappa shape index (κ3) is 4.60. The molecule has 0 aliphatic heterocycles. The molecule has 1 N–H and O–H groups in total. The zero-order chi connectivity index (χ0) is 17.9. The van der Waals surface area contributed by atoms with Crippen molar-refractivity contribution >= 4 is 0 Å². The van der Waals surface area contributed by atoms with Crippen LogP contribution in [0.25, 0.3) is 0 Å². The highest BCUT2D eigenvalue weighted by Gasteiger charge is 2.45. The van der Waals surface area contributed by atoms with Gasteiger partial charge in [-0.2, -0.15) is 5.10 Å². The summed E-state index contributed by atoms with van der Waals surface area (Å²) < 4.78 is 27.0. The Bertz CT molecular complexity index is 535. The van der Waals surface area contributed by atoms with E-state index in [1.807, 2.05) is 6.20 Å². The summed E-state index contributed by atoms with van der Waals surface area (Å²) in [6.45, 7) is 4.28. The summed E-state index contributed by atoms with van der Waals surface area (Å²) in [6.07, 6.45) is 10.4. The Kier molecular flexibility index (Phi) is 5.81. The van der Waals surface area contributed by atoms with Crippen LogP contribution in [0.5, 0.6) is 0 Å². The lowest BCUT2D eigenvalue weighted by atomic mass is 9.62. The Balaban J connectivity index is 1.56. The van der Waals surface area contributed by atoms with Crippen LogP contribution in [0.2, 0.25) is 0 Å². The predicted molar refractivity (Wildman–Crippen MR) is 96.9 cm³/mol. The Morgan fingerprint density at radius 2 is 1.84 bits per heavy atom. The number of H-pyrrole nitrogens is 1.